The van der Waals surface area contributed by atoms with Crippen molar-refractivity contribution in [2.45, 2.75) is 39.0 Å². The van der Waals surface area contributed by atoms with Gasteiger partial charge in [-0.2, -0.15) is 0 Å². The van der Waals surface area contributed by atoms with Gasteiger partial charge >= 0.3 is 5.97 Å². The average molecular weight is 298 g/mol. The van der Waals surface area contributed by atoms with Crippen molar-refractivity contribution in [2.75, 3.05) is 0 Å². The summed E-state index contributed by atoms with van der Waals surface area (Å²) in [4.78, 5) is 26.8. The third kappa shape index (κ3) is 1.98. The lowest BCUT2D eigenvalue weighted by molar-refractivity contribution is -0.149. The van der Waals surface area contributed by atoms with Gasteiger partial charge in [0.1, 0.15) is 5.54 Å². The summed E-state index contributed by atoms with van der Waals surface area (Å²) < 4.78 is 5.40. The fraction of sp³-hybridized carbons (Fsp3) is 0.333. The zero-order chi connectivity index (χ0) is 16.1. The van der Waals surface area contributed by atoms with Crippen LogP contribution in [0.1, 0.15) is 38.1 Å². The smallest absolute Gasteiger partial charge is 0.333 e. The van der Waals surface area contributed by atoms with Gasteiger partial charge in [0.15, 0.2) is 5.72 Å². The molecule has 1 heterocycles. The maximum absolute atomic E-state index is 13.1. The number of benzene rings is 2. The molecule has 0 spiro atoms. The SMILES string of the molecule is CC1(C)OC(=O)[C@@](C)([13CH3])N1C(=O)c1cccc2ccccc12. The normalized spacial score (nSPS) is 23.6. The van der Waals surface area contributed by atoms with E-state index in [9.17, 15) is 9.59 Å². The molecular formula is C18H19NO3. The van der Waals surface area contributed by atoms with Crippen molar-refractivity contribution >= 4 is 22.6 Å². The first-order chi connectivity index (χ1) is 10.2. The highest BCUT2D eigenvalue weighted by Crippen LogP contribution is 2.37. The Kier molecular flexibility index (Phi) is 3.02. The number of hydrogen-bond acceptors (Lipinski definition) is 3. The first kappa shape index (κ1) is 14.6. The second-order valence-electron chi connectivity index (χ2n) is 6.56. The summed E-state index contributed by atoms with van der Waals surface area (Å²) in [5.74, 6) is -0.580. The molecule has 1 saturated heterocycles. The molecule has 1 fully saturated rings. The third-order valence-electron chi connectivity index (χ3n) is 4.16. The molecule has 2 aromatic rings. The molecule has 4 heteroatoms. The van der Waals surface area contributed by atoms with Gasteiger partial charge in [-0.05, 0) is 44.5 Å². The molecule has 0 bridgehead atoms. The van der Waals surface area contributed by atoms with Gasteiger partial charge in [-0.15, -0.1) is 0 Å². The molecule has 0 radical (unpaired) electrons. The van der Waals surface area contributed by atoms with Crippen LogP contribution in [0.3, 0.4) is 0 Å². The number of hydrogen-bond donors (Lipinski definition) is 0. The van der Waals surface area contributed by atoms with E-state index in [2.05, 4.69) is 0 Å². The van der Waals surface area contributed by atoms with E-state index in [0.29, 0.717) is 5.56 Å². The van der Waals surface area contributed by atoms with Crippen molar-refractivity contribution in [2.24, 2.45) is 0 Å². The Bertz CT molecular complexity index is 772. The maximum Gasteiger partial charge on any atom is 0.333 e. The van der Waals surface area contributed by atoms with Crippen molar-refractivity contribution in [3.05, 3.63) is 48.0 Å². The van der Waals surface area contributed by atoms with Crippen LogP contribution in [0, 0.1) is 0 Å². The van der Waals surface area contributed by atoms with Gasteiger partial charge in [0.05, 0.1) is 0 Å². The second kappa shape index (κ2) is 4.57. The molecule has 2 aromatic carbocycles. The highest BCUT2D eigenvalue weighted by molar-refractivity contribution is 6.09. The Labute approximate surface area is 129 Å². The van der Waals surface area contributed by atoms with Gasteiger partial charge in [-0.3, -0.25) is 9.69 Å². The highest BCUT2D eigenvalue weighted by atomic mass is 16.6. The number of fused-ring (bicyclic) bond motifs is 1. The molecule has 1 amide bonds. The molecule has 4 nitrogen and oxygen atoms in total. The fourth-order valence-electron chi connectivity index (χ4n) is 3.19. The van der Waals surface area contributed by atoms with Crippen molar-refractivity contribution in [3.8, 4) is 0 Å². The lowest BCUT2D eigenvalue weighted by Gasteiger charge is -2.35. The average Bonchev–Trinajstić information content (AvgIpc) is 2.61. The third-order valence-corrected chi connectivity index (χ3v) is 4.16. The number of ether oxygens (including phenoxy) is 1. The van der Waals surface area contributed by atoms with Gasteiger partial charge in [0.2, 0.25) is 0 Å². The standard InChI is InChI=1S/C18H19NO3/c1-17(2)16(21)22-18(3,4)19(17)15(20)14-11-7-9-12-8-5-6-10-13(12)14/h5-11H,1-4H3/i1+1/t17-/m0/s1. The van der Waals surface area contributed by atoms with Gasteiger partial charge in [-0.1, -0.05) is 36.4 Å². The van der Waals surface area contributed by atoms with Crippen LogP contribution in [0.25, 0.3) is 10.8 Å². The molecule has 1 atom stereocenters. The monoisotopic (exact) mass is 298 g/mol. The first-order valence-electron chi connectivity index (χ1n) is 7.31. The van der Waals surface area contributed by atoms with Crippen LogP contribution >= 0.6 is 0 Å². The number of carbonyl (C=O) groups excluding carboxylic acids is 2. The maximum atomic E-state index is 13.1. The van der Waals surface area contributed by atoms with Crippen LogP contribution in [0.5, 0.6) is 0 Å². The molecule has 0 unspecified atom stereocenters. The van der Waals surface area contributed by atoms with E-state index < -0.39 is 11.3 Å². The number of cyclic esters (lactones) is 1. The minimum Gasteiger partial charge on any atom is -0.438 e. The van der Waals surface area contributed by atoms with Crippen LogP contribution < -0.4 is 0 Å². The largest absolute Gasteiger partial charge is 0.438 e. The molecule has 3 rings (SSSR count). The van der Waals surface area contributed by atoms with E-state index >= 15 is 0 Å². The predicted molar refractivity (Wildman–Crippen MR) is 84.4 cm³/mol. The second-order valence-corrected chi connectivity index (χ2v) is 6.56. The van der Waals surface area contributed by atoms with Crippen LogP contribution in [-0.4, -0.2) is 28.0 Å². The molecule has 114 valence electrons. The molecule has 0 N–H and O–H groups in total. The molecule has 0 aromatic heterocycles. The van der Waals surface area contributed by atoms with E-state index in [1.165, 1.54) is 4.90 Å². The van der Waals surface area contributed by atoms with Gasteiger partial charge in [0.25, 0.3) is 5.91 Å². The van der Waals surface area contributed by atoms with Crippen LogP contribution in [0.15, 0.2) is 42.5 Å². The summed E-state index contributed by atoms with van der Waals surface area (Å²) in [6.07, 6.45) is 0. The van der Waals surface area contributed by atoms with Crippen molar-refractivity contribution in [1.29, 1.82) is 0 Å². The molecule has 0 aliphatic carbocycles. The fourth-order valence-corrected chi connectivity index (χ4v) is 3.19. The summed E-state index contributed by atoms with van der Waals surface area (Å²) in [6, 6.07) is 13.3. The molecular weight excluding hydrogens is 279 g/mol. The first-order valence-corrected chi connectivity index (χ1v) is 7.31. The van der Waals surface area contributed by atoms with Crippen LogP contribution in [0.4, 0.5) is 0 Å². The van der Waals surface area contributed by atoms with E-state index in [-0.39, 0.29) is 11.9 Å². The van der Waals surface area contributed by atoms with Crippen molar-refractivity contribution in [3.63, 3.8) is 0 Å². The van der Waals surface area contributed by atoms with E-state index in [0.717, 1.165) is 10.8 Å². The Hall–Kier alpha value is -2.36. The van der Waals surface area contributed by atoms with E-state index in [1.54, 1.807) is 33.8 Å². The summed E-state index contributed by atoms with van der Waals surface area (Å²) in [5, 5.41) is 1.87. The Balaban J connectivity index is 2.15. The predicted octanol–water partition coefficient (Wildman–Crippen LogP) is 3.35. The summed E-state index contributed by atoms with van der Waals surface area (Å²) in [6.45, 7) is 6.91. The highest BCUT2D eigenvalue weighted by Gasteiger charge is 2.56. The number of esters is 1. The van der Waals surface area contributed by atoms with Gasteiger partial charge < -0.3 is 4.74 Å². The van der Waals surface area contributed by atoms with Crippen LogP contribution in [0.2, 0.25) is 0 Å². The Morgan fingerprint density at radius 3 is 2.27 bits per heavy atom. The molecule has 22 heavy (non-hydrogen) atoms. The lowest BCUT2D eigenvalue weighted by Crippen LogP contribution is -2.53. The van der Waals surface area contributed by atoms with Gasteiger partial charge in [0, 0.05) is 5.56 Å². The quantitative estimate of drug-likeness (QED) is 0.599. The molecule has 1 aliphatic heterocycles. The minimum absolute atomic E-state index is 0.197. The zero-order valence-electron chi connectivity index (χ0n) is 13.2. The van der Waals surface area contributed by atoms with E-state index in [1.807, 2.05) is 36.4 Å². The van der Waals surface area contributed by atoms with Crippen molar-refractivity contribution in [1.82, 2.24) is 4.90 Å². The van der Waals surface area contributed by atoms with Crippen molar-refractivity contribution < 1.29 is 14.3 Å². The van der Waals surface area contributed by atoms with Gasteiger partial charge in [-0.25, -0.2) is 4.79 Å². The topological polar surface area (TPSA) is 46.6 Å². The van der Waals surface area contributed by atoms with Crippen LogP contribution in [-0.2, 0) is 9.53 Å². The number of rotatable bonds is 1. The summed E-state index contributed by atoms with van der Waals surface area (Å²) >= 11 is 0. The number of carbonyl (C=O) groups is 2. The lowest BCUT2D eigenvalue weighted by atomic mass is 10.0. The minimum atomic E-state index is -0.989. The number of amides is 1. The van der Waals surface area contributed by atoms with E-state index in [4.69, 9.17) is 4.74 Å². The molecule has 0 saturated carbocycles. The number of nitrogens with zero attached hydrogens (tertiary/aromatic N) is 1. The molecule has 1 aliphatic rings. The summed E-state index contributed by atoms with van der Waals surface area (Å²) in [7, 11) is 0. The zero-order valence-corrected chi connectivity index (χ0v) is 13.2. The summed E-state index contributed by atoms with van der Waals surface area (Å²) in [5.41, 5.74) is -1.37. The Morgan fingerprint density at radius 1 is 1.00 bits per heavy atom. The Morgan fingerprint density at radius 2 is 1.64 bits per heavy atom.